The van der Waals surface area contributed by atoms with Crippen LogP contribution in [0.4, 0.5) is 0 Å². The van der Waals surface area contributed by atoms with E-state index in [0.29, 0.717) is 23.9 Å². The molecule has 0 aromatic heterocycles. The largest absolute Gasteiger partial charge is 0.481 e. The van der Waals surface area contributed by atoms with Crippen molar-refractivity contribution in [1.29, 1.82) is 0 Å². The van der Waals surface area contributed by atoms with Crippen molar-refractivity contribution in [2.45, 2.75) is 33.3 Å². The topological polar surface area (TPSA) is 55.6 Å². The molecule has 1 aromatic rings. The number of amides is 1. The van der Waals surface area contributed by atoms with Gasteiger partial charge >= 0.3 is 0 Å². The molecule has 4 nitrogen and oxygen atoms in total. The summed E-state index contributed by atoms with van der Waals surface area (Å²) < 4.78 is 5.75. The maximum Gasteiger partial charge on any atom is 0.263 e. The van der Waals surface area contributed by atoms with Gasteiger partial charge in [-0.25, -0.2) is 0 Å². The summed E-state index contributed by atoms with van der Waals surface area (Å²) in [7, 11) is 0. The van der Waals surface area contributed by atoms with Gasteiger partial charge in [0, 0.05) is 18.1 Å². The van der Waals surface area contributed by atoms with Crippen LogP contribution in [0.25, 0.3) is 0 Å². The van der Waals surface area contributed by atoms with Crippen LogP contribution >= 0.6 is 11.6 Å². The van der Waals surface area contributed by atoms with Crippen LogP contribution in [0.3, 0.4) is 0 Å². The molecule has 1 amide bonds. The van der Waals surface area contributed by atoms with Crippen molar-refractivity contribution >= 4 is 17.5 Å². The van der Waals surface area contributed by atoms with Crippen molar-refractivity contribution in [3.05, 3.63) is 28.8 Å². The molecule has 116 valence electrons. The zero-order chi connectivity index (χ0) is 15.6. The third-order valence-corrected chi connectivity index (χ3v) is 4.58. The number of rotatable bonds is 4. The van der Waals surface area contributed by atoms with Gasteiger partial charge in [0.25, 0.3) is 5.91 Å². The van der Waals surface area contributed by atoms with Gasteiger partial charge in [-0.3, -0.25) is 4.79 Å². The second-order valence-corrected chi connectivity index (χ2v) is 6.60. The molecule has 2 rings (SSSR count). The number of likely N-dealkylation sites (tertiary alicyclic amines) is 1. The molecule has 21 heavy (non-hydrogen) atoms. The lowest BCUT2D eigenvalue weighted by Gasteiger charge is -2.25. The van der Waals surface area contributed by atoms with Gasteiger partial charge in [0.05, 0.1) is 0 Å². The predicted molar refractivity (Wildman–Crippen MR) is 84.6 cm³/mol. The highest BCUT2D eigenvalue weighted by molar-refractivity contribution is 6.31. The molecule has 1 heterocycles. The van der Waals surface area contributed by atoms with E-state index in [1.807, 2.05) is 17.9 Å². The van der Waals surface area contributed by atoms with E-state index in [-0.39, 0.29) is 11.3 Å². The van der Waals surface area contributed by atoms with Gasteiger partial charge < -0.3 is 15.4 Å². The zero-order valence-electron chi connectivity index (χ0n) is 12.9. The summed E-state index contributed by atoms with van der Waals surface area (Å²) in [6, 6.07) is 5.41. The highest BCUT2D eigenvalue weighted by Gasteiger charge is 2.36. The Bertz CT molecular complexity index is 535. The van der Waals surface area contributed by atoms with E-state index in [2.05, 4.69) is 6.92 Å². The molecule has 0 radical (unpaired) electrons. The van der Waals surface area contributed by atoms with Gasteiger partial charge in [-0.15, -0.1) is 0 Å². The number of hydrogen-bond donors (Lipinski definition) is 1. The summed E-state index contributed by atoms with van der Waals surface area (Å²) in [5.41, 5.74) is 6.75. The van der Waals surface area contributed by atoms with Crippen molar-refractivity contribution in [2.75, 3.05) is 19.6 Å². The Morgan fingerprint density at radius 2 is 2.29 bits per heavy atom. The Hall–Kier alpha value is -1.26. The predicted octanol–water partition coefficient (Wildman–Crippen LogP) is 2.61. The average Bonchev–Trinajstić information content (AvgIpc) is 2.85. The molecule has 1 fully saturated rings. The highest BCUT2D eigenvalue weighted by atomic mass is 35.5. The normalized spacial score (nSPS) is 23.2. The minimum Gasteiger partial charge on any atom is -0.481 e. The van der Waals surface area contributed by atoms with E-state index in [0.717, 1.165) is 18.5 Å². The van der Waals surface area contributed by atoms with E-state index in [9.17, 15) is 4.79 Å². The minimum absolute atomic E-state index is 0.0137. The first-order chi connectivity index (χ1) is 9.84. The molecule has 2 N–H and O–H groups in total. The number of carbonyl (C=O) groups excluding carboxylic acids is 1. The first kappa shape index (κ1) is 16.1. The van der Waals surface area contributed by atoms with Gasteiger partial charge in [0.2, 0.25) is 0 Å². The lowest BCUT2D eigenvalue weighted by Crippen LogP contribution is -2.41. The fourth-order valence-corrected chi connectivity index (χ4v) is 2.70. The summed E-state index contributed by atoms with van der Waals surface area (Å²) >= 11 is 5.99. The van der Waals surface area contributed by atoms with E-state index in [1.165, 1.54) is 0 Å². The first-order valence-corrected chi connectivity index (χ1v) is 7.64. The van der Waals surface area contributed by atoms with Gasteiger partial charge in [0.1, 0.15) is 5.75 Å². The summed E-state index contributed by atoms with van der Waals surface area (Å²) in [5, 5.41) is 0.694. The van der Waals surface area contributed by atoms with Gasteiger partial charge in [0.15, 0.2) is 6.10 Å². The summed E-state index contributed by atoms with van der Waals surface area (Å²) in [4.78, 5) is 14.3. The summed E-state index contributed by atoms with van der Waals surface area (Å²) in [6.07, 6.45) is 0.438. The van der Waals surface area contributed by atoms with Crippen LogP contribution in [0.1, 0.15) is 25.8 Å². The molecule has 2 unspecified atom stereocenters. The van der Waals surface area contributed by atoms with Crippen molar-refractivity contribution in [3.63, 3.8) is 0 Å². The zero-order valence-corrected chi connectivity index (χ0v) is 13.6. The molecule has 1 aliphatic rings. The Labute approximate surface area is 131 Å². The molecule has 1 saturated heterocycles. The van der Waals surface area contributed by atoms with Crippen LogP contribution in [0.2, 0.25) is 5.02 Å². The number of halogens is 1. The fraction of sp³-hybridized carbons (Fsp3) is 0.562. The lowest BCUT2D eigenvalue weighted by atomic mass is 9.90. The molecule has 5 heteroatoms. The van der Waals surface area contributed by atoms with Crippen LogP contribution in [-0.4, -0.2) is 36.5 Å². The van der Waals surface area contributed by atoms with E-state index >= 15 is 0 Å². The molecular weight excluding hydrogens is 288 g/mol. The third-order valence-electron chi connectivity index (χ3n) is 4.15. The Morgan fingerprint density at radius 1 is 1.57 bits per heavy atom. The Morgan fingerprint density at radius 3 is 2.86 bits per heavy atom. The molecule has 2 atom stereocenters. The first-order valence-electron chi connectivity index (χ1n) is 7.26. The fourth-order valence-electron chi connectivity index (χ4n) is 2.58. The van der Waals surface area contributed by atoms with Gasteiger partial charge in [-0.1, -0.05) is 18.5 Å². The van der Waals surface area contributed by atoms with E-state index in [4.69, 9.17) is 22.1 Å². The Kier molecular flexibility index (Phi) is 4.79. The van der Waals surface area contributed by atoms with Crippen LogP contribution in [-0.2, 0) is 4.79 Å². The quantitative estimate of drug-likeness (QED) is 0.930. The maximum absolute atomic E-state index is 12.4. The summed E-state index contributed by atoms with van der Waals surface area (Å²) in [5.74, 6) is 0.679. The molecule has 0 aliphatic carbocycles. The summed E-state index contributed by atoms with van der Waals surface area (Å²) in [6.45, 7) is 7.87. The number of benzene rings is 1. The number of nitrogens with two attached hydrogens (primary N) is 1. The van der Waals surface area contributed by atoms with Crippen molar-refractivity contribution in [3.8, 4) is 5.75 Å². The van der Waals surface area contributed by atoms with Crippen molar-refractivity contribution in [1.82, 2.24) is 4.90 Å². The van der Waals surface area contributed by atoms with Crippen molar-refractivity contribution < 1.29 is 9.53 Å². The van der Waals surface area contributed by atoms with Gasteiger partial charge in [-0.2, -0.15) is 0 Å². The molecule has 0 saturated carbocycles. The molecule has 1 aliphatic heterocycles. The second kappa shape index (κ2) is 6.24. The van der Waals surface area contributed by atoms with Crippen molar-refractivity contribution in [2.24, 2.45) is 11.1 Å². The maximum atomic E-state index is 12.4. The number of hydrogen-bond acceptors (Lipinski definition) is 3. The van der Waals surface area contributed by atoms with Crippen LogP contribution in [0.5, 0.6) is 5.75 Å². The monoisotopic (exact) mass is 310 g/mol. The number of aryl methyl sites for hydroxylation is 1. The number of carbonyl (C=O) groups is 1. The SMILES string of the molecule is Cc1cc(OC(C)C(=O)N2CCC(C)(CN)C2)ccc1Cl. The van der Waals surface area contributed by atoms with Crippen LogP contribution < -0.4 is 10.5 Å². The highest BCUT2D eigenvalue weighted by Crippen LogP contribution is 2.29. The second-order valence-electron chi connectivity index (χ2n) is 6.20. The molecule has 0 bridgehead atoms. The lowest BCUT2D eigenvalue weighted by molar-refractivity contribution is -0.137. The Balaban J connectivity index is 1.98. The van der Waals surface area contributed by atoms with Crippen LogP contribution in [0, 0.1) is 12.3 Å². The van der Waals surface area contributed by atoms with E-state index < -0.39 is 6.10 Å². The standard InChI is InChI=1S/C16H23ClN2O2/c1-11-8-13(4-5-14(11)17)21-12(2)15(20)19-7-6-16(3,9-18)10-19/h4-5,8,12H,6-7,9-10,18H2,1-3H3. The average molecular weight is 311 g/mol. The molecule has 0 spiro atoms. The van der Waals surface area contributed by atoms with Gasteiger partial charge in [-0.05, 0) is 56.0 Å². The molecular formula is C16H23ClN2O2. The minimum atomic E-state index is -0.509. The smallest absolute Gasteiger partial charge is 0.263 e. The number of nitrogens with zero attached hydrogens (tertiary/aromatic N) is 1. The van der Waals surface area contributed by atoms with E-state index in [1.54, 1.807) is 19.1 Å². The third kappa shape index (κ3) is 3.69. The number of ether oxygens (including phenoxy) is 1. The molecule has 1 aromatic carbocycles. The van der Waals surface area contributed by atoms with Crippen LogP contribution in [0.15, 0.2) is 18.2 Å².